The van der Waals surface area contributed by atoms with Crippen LogP contribution >= 0.6 is 11.6 Å². The second-order valence-corrected chi connectivity index (χ2v) is 6.63. The number of hydrogen-bond donors (Lipinski definition) is 2. The maximum atomic E-state index is 12.4. The van der Waals surface area contributed by atoms with Crippen molar-refractivity contribution in [3.63, 3.8) is 0 Å². The van der Waals surface area contributed by atoms with Gasteiger partial charge in [0.05, 0.1) is 10.6 Å². The molecule has 3 aromatic rings. The highest BCUT2D eigenvalue weighted by Gasteiger charge is 2.09. The van der Waals surface area contributed by atoms with Crippen molar-refractivity contribution in [3.05, 3.63) is 100 Å². The van der Waals surface area contributed by atoms with E-state index in [1.807, 2.05) is 24.3 Å². The molecule has 0 fully saturated rings. The van der Waals surface area contributed by atoms with E-state index in [9.17, 15) is 4.79 Å². The molecule has 0 aliphatic rings. The summed E-state index contributed by atoms with van der Waals surface area (Å²) in [4.78, 5) is 12.4. The van der Waals surface area contributed by atoms with Crippen molar-refractivity contribution in [1.29, 1.82) is 0 Å². The molecule has 0 bridgehead atoms. The number of carbonyl (C=O) groups is 1. The smallest absolute Gasteiger partial charge is 0.257 e. The number of benzene rings is 3. The molecule has 0 aliphatic heterocycles. The van der Waals surface area contributed by atoms with Crippen molar-refractivity contribution in [3.8, 4) is 0 Å². The lowest BCUT2D eigenvalue weighted by Gasteiger charge is -2.10. The molecule has 0 radical (unpaired) electrons. The third-order valence-corrected chi connectivity index (χ3v) is 4.41. The zero-order chi connectivity index (χ0) is 18.4. The van der Waals surface area contributed by atoms with E-state index in [1.165, 1.54) is 11.1 Å². The molecule has 0 spiro atoms. The molecule has 1 amide bonds. The van der Waals surface area contributed by atoms with Gasteiger partial charge in [0.15, 0.2) is 0 Å². The Hall–Kier alpha value is -2.62. The highest BCUT2D eigenvalue weighted by molar-refractivity contribution is 6.34. The maximum Gasteiger partial charge on any atom is 0.257 e. The molecule has 4 heteroatoms. The number of rotatable bonds is 6. The van der Waals surface area contributed by atoms with Crippen LogP contribution in [0.15, 0.2) is 72.8 Å². The lowest BCUT2D eigenvalue weighted by atomic mass is 10.1. The molecule has 3 rings (SSSR count). The highest BCUT2D eigenvalue weighted by atomic mass is 35.5. The van der Waals surface area contributed by atoms with Gasteiger partial charge in [-0.2, -0.15) is 0 Å². The van der Waals surface area contributed by atoms with Crippen molar-refractivity contribution < 1.29 is 4.79 Å². The van der Waals surface area contributed by atoms with Crippen LogP contribution in [0.5, 0.6) is 0 Å². The minimum absolute atomic E-state index is 0.208. The standard InChI is InChI=1S/C22H21ClN2O/c1-16-9-11-17(12-10-16)14-24-15-18-5-4-6-19(13-18)25-22(26)20-7-2-3-8-21(20)23/h2-13,24H,14-15H2,1H3,(H,25,26). The highest BCUT2D eigenvalue weighted by Crippen LogP contribution is 2.18. The molecule has 0 heterocycles. The number of aryl methyl sites for hydroxylation is 1. The minimum Gasteiger partial charge on any atom is -0.322 e. The van der Waals surface area contributed by atoms with Crippen LogP contribution in [0.3, 0.4) is 0 Å². The Kier molecular flexibility index (Phi) is 6.05. The topological polar surface area (TPSA) is 41.1 Å². The summed E-state index contributed by atoms with van der Waals surface area (Å²) >= 11 is 6.08. The molecule has 3 nitrogen and oxygen atoms in total. The normalized spacial score (nSPS) is 10.5. The Morgan fingerprint density at radius 2 is 1.62 bits per heavy atom. The van der Waals surface area contributed by atoms with Gasteiger partial charge in [0, 0.05) is 18.8 Å². The van der Waals surface area contributed by atoms with Gasteiger partial charge in [0.1, 0.15) is 0 Å². The fraction of sp³-hybridized carbons (Fsp3) is 0.136. The van der Waals surface area contributed by atoms with E-state index in [2.05, 4.69) is 41.8 Å². The average molecular weight is 365 g/mol. The van der Waals surface area contributed by atoms with E-state index < -0.39 is 0 Å². The molecule has 0 atom stereocenters. The lowest BCUT2D eigenvalue weighted by Crippen LogP contribution is -2.14. The van der Waals surface area contributed by atoms with Gasteiger partial charge in [-0.25, -0.2) is 0 Å². The Balaban J connectivity index is 1.58. The fourth-order valence-corrected chi connectivity index (χ4v) is 2.88. The first kappa shape index (κ1) is 18.2. The first-order valence-corrected chi connectivity index (χ1v) is 8.91. The van der Waals surface area contributed by atoms with Crippen LogP contribution in [0, 0.1) is 6.92 Å². The van der Waals surface area contributed by atoms with Crippen molar-refractivity contribution in [2.45, 2.75) is 20.0 Å². The van der Waals surface area contributed by atoms with Gasteiger partial charge in [-0.05, 0) is 42.3 Å². The predicted molar refractivity (Wildman–Crippen MR) is 108 cm³/mol. The third-order valence-electron chi connectivity index (χ3n) is 4.08. The van der Waals surface area contributed by atoms with Crippen LogP contribution in [-0.4, -0.2) is 5.91 Å². The van der Waals surface area contributed by atoms with Crippen LogP contribution in [0.2, 0.25) is 5.02 Å². The molecule has 26 heavy (non-hydrogen) atoms. The van der Waals surface area contributed by atoms with E-state index in [-0.39, 0.29) is 5.91 Å². The van der Waals surface area contributed by atoms with E-state index >= 15 is 0 Å². The molecule has 0 unspecified atom stereocenters. The molecular formula is C22H21ClN2O. The Labute approximate surface area is 159 Å². The van der Waals surface area contributed by atoms with Gasteiger partial charge in [0.2, 0.25) is 0 Å². The van der Waals surface area contributed by atoms with Crippen LogP contribution in [0.4, 0.5) is 5.69 Å². The summed E-state index contributed by atoms with van der Waals surface area (Å²) in [5.41, 5.74) is 4.84. The van der Waals surface area contributed by atoms with Gasteiger partial charge in [-0.15, -0.1) is 0 Å². The number of anilines is 1. The predicted octanol–water partition coefficient (Wildman–Crippen LogP) is 5.19. The summed E-state index contributed by atoms with van der Waals surface area (Å²) < 4.78 is 0. The molecule has 0 saturated carbocycles. The lowest BCUT2D eigenvalue weighted by molar-refractivity contribution is 0.102. The summed E-state index contributed by atoms with van der Waals surface area (Å²) in [5, 5.41) is 6.77. The minimum atomic E-state index is -0.208. The van der Waals surface area contributed by atoms with Crippen LogP contribution in [0.25, 0.3) is 0 Å². The number of carbonyl (C=O) groups excluding carboxylic acids is 1. The molecule has 132 valence electrons. The van der Waals surface area contributed by atoms with Gasteiger partial charge in [-0.1, -0.05) is 65.7 Å². The second kappa shape index (κ2) is 8.65. The van der Waals surface area contributed by atoms with Crippen molar-refractivity contribution >= 4 is 23.2 Å². The van der Waals surface area contributed by atoms with Gasteiger partial charge < -0.3 is 10.6 Å². The Bertz CT molecular complexity index is 891. The van der Waals surface area contributed by atoms with Crippen molar-refractivity contribution in [1.82, 2.24) is 5.32 Å². The van der Waals surface area contributed by atoms with E-state index in [4.69, 9.17) is 11.6 Å². The van der Waals surface area contributed by atoms with Crippen molar-refractivity contribution in [2.75, 3.05) is 5.32 Å². The molecule has 0 aromatic heterocycles. The summed E-state index contributed by atoms with van der Waals surface area (Å²) in [6.45, 7) is 3.61. The molecule has 0 aliphatic carbocycles. The van der Waals surface area contributed by atoms with Gasteiger partial charge in [-0.3, -0.25) is 4.79 Å². The van der Waals surface area contributed by atoms with Gasteiger partial charge in [0.25, 0.3) is 5.91 Å². The second-order valence-electron chi connectivity index (χ2n) is 6.22. The molecule has 0 saturated heterocycles. The average Bonchev–Trinajstić information content (AvgIpc) is 2.64. The molecular weight excluding hydrogens is 344 g/mol. The SMILES string of the molecule is Cc1ccc(CNCc2cccc(NC(=O)c3ccccc3Cl)c2)cc1. The fourth-order valence-electron chi connectivity index (χ4n) is 2.66. The first-order chi connectivity index (χ1) is 12.6. The molecule has 3 aromatic carbocycles. The first-order valence-electron chi connectivity index (χ1n) is 8.53. The number of halogens is 1. The summed E-state index contributed by atoms with van der Waals surface area (Å²) in [6, 6.07) is 23.3. The zero-order valence-corrected chi connectivity index (χ0v) is 15.4. The van der Waals surface area contributed by atoms with E-state index in [0.717, 1.165) is 24.3 Å². The number of nitrogens with one attached hydrogen (secondary N) is 2. The zero-order valence-electron chi connectivity index (χ0n) is 14.6. The summed E-state index contributed by atoms with van der Waals surface area (Å²) in [6.07, 6.45) is 0. The largest absolute Gasteiger partial charge is 0.322 e. The van der Waals surface area contributed by atoms with Crippen LogP contribution in [-0.2, 0) is 13.1 Å². The van der Waals surface area contributed by atoms with Crippen LogP contribution in [0.1, 0.15) is 27.0 Å². The third kappa shape index (κ3) is 4.94. The summed E-state index contributed by atoms with van der Waals surface area (Å²) in [5.74, 6) is -0.208. The van der Waals surface area contributed by atoms with Gasteiger partial charge >= 0.3 is 0 Å². The maximum absolute atomic E-state index is 12.4. The van der Waals surface area contributed by atoms with E-state index in [1.54, 1.807) is 24.3 Å². The summed E-state index contributed by atoms with van der Waals surface area (Å²) in [7, 11) is 0. The monoisotopic (exact) mass is 364 g/mol. The Morgan fingerprint density at radius 1 is 0.885 bits per heavy atom. The number of amides is 1. The van der Waals surface area contributed by atoms with Crippen LogP contribution < -0.4 is 10.6 Å². The Morgan fingerprint density at radius 3 is 2.38 bits per heavy atom. The number of hydrogen-bond acceptors (Lipinski definition) is 2. The quantitative estimate of drug-likeness (QED) is 0.632. The molecule has 2 N–H and O–H groups in total. The van der Waals surface area contributed by atoms with Crippen molar-refractivity contribution in [2.24, 2.45) is 0 Å². The van der Waals surface area contributed by atoms with E-state index in [0.29, 0.717) is 10.6 Å².